The maximum Gasteiger partial charge on any atom is 0.269 e. The van der Waals surface area contributed by atoms with E-state index in [2.05, 4.69) is 31.5 Å². The predicted molar refractivity (Wildman–Crippen MR) is 89.0 cm³/mol. The van der Waals surface area contributed by atoms with E-state index in [4.69, 9.17) is 0 Å². The lowest BCUT2D eigenvalue weighted by molar-refractivity contribution is 0.0945. The van der Waals surface area contributed by atoms with E-state index in [1.807, 2.05) is 6.07 Å². The Balaban J connectivity index is 0.00000180. The molecule has 1 aromatic heterocycles. The van der Waals surface area contributed by atoms with E-state index in [1.54, 1.807) is 12.3 Å². The van der Waals surface area contributed by atoms with Crippen molar-refractivity contribution in [2.24, 2.45) is 5.92 Å². The van der Waals surface area contributed by atoms with E-state index < -0.39 is 0 Å². The van der Waals surface area contributed by atoms with Crippen LogP contribution in [-0.4, -0.2) is 30.5 Å². The molecule has 2 N–H and O–H groups in total. The quantitative estimate of drug-likeness (QED) is 0.839. The minimum atomic E-state index is -0.0914. The largest absolute Gasteiger partial charge is 0.351 e. The van der Waals surface area contributed by atoms with Gasteiger partial charge in [0.2, 0.25) is 0 Å². The van der Waals surface area contributed by atoms with Gasteiger partial charge >= 0.3 is 0 Å². The molecule has 1 aromatic rings. The molecule has 114 valence electrons. The third-order valence-electron chi connectivity index (χ3n) is 3.20. The van der Waals surface area contributed by atoms with E-state index in [9.17, 15) is 4.79 Å². The molecule has 0 bridgehead atoms. The maximum atomic E-state index is 11.8. The summed E-state index contributed by atoms with van der Waals surface area (Å²) in [5.41, 5.74) is 0.472. The van der Waals surface area contributed by atoms with Crippen molar-refractivity contribution in [1.29, 1.82) is 0 Å². The van der Waals surface area contributed by atoms with Gasteiger partial charge in [0, 0.05) is 17.2 Å². The van der Waals surface area contributed by atoms with Crippen LogP contribution in [0.1, 0.15) is 29.8 Å². The van der Waals surface area contributed by atoms with Crippen LogP contribution in [0.3, 0.4) is 0 Å². The molecule has 1 amide bonds. The molecule has 20 heavy (non-hydrogen) atoms. The van der Waals surface area contributed by atoms with E-state index >= 15 is 0 Å². The second-order valence-electron chi connectivity index (χ2n) is 4.62. The van der Waals surface area contributed by atoms with Crippen LogP contribution in [0.4, 0.5) is 0 Å². The van der Waals surface area contributed by atoms with Gasteiger partial charge in [-0.3, -0.25) is 4.79 Å². The number of nitrogens with one attached hydrogen (secondary N) is 2. The van der Waals surface area contributed by atoms with Crippen LogP contribution < -0.4 is 10.6 Å². The standard InChI is InChI=1S/C13H18BrN3O.2ClH/c14-11-3-4-12(17-9-11)13(18)16-7-5-10-2-1-6-15-8-10;;/h3-4,9-10,15H,1-2,5-8H2,(H,16,18);2*1H. The SMILES string of the molecule is Cl.Cl.O=C(NCCC1CCCNC1)c1ccc(Br)cn1. The molecule has 0 aromatic carbocycles. The number of halogens is 3. The Labute approximate surface area is 140 Å². The zero-order chi connectivity index (χ0) is 12.8. The highest BCUT2D eigenvalue weighted by Gasteiger charge is 2.13. The van der Waals surface area contributed by atoms with Crippen molar-refractivity contribution >= 4 is 46.7 Å². The molecular formula is C13H20BrCl2N3O. The van der Waals surface area contributed by atoms with Crippen molar-refractivity contribution in [2.75, 3.05) is 19.6 Å². The van der Waals surface area contributed by atoms with Gasteiger partial charge in [0.1, 0.15) is 5.69 Å². The number of amides is 1. The smallest absolute Gasteiger partial charge is 0.269 e. The first-order valence-corrected chi connectivity index (χ1v) is 7.15. The number of carbonyl (C=O) groups is 1. The molecule has 1 saturated heterocycles. The van der Waals surface area contributed by atoms with Crippen molar-refractivity contribution in [2.45, 2.75) is 19.3 Å². The van der Waals surface area contributed by atoms with Crippen LogP contribution in [0.15, 0.2) is 22.8 Å². The third kappa shape index (κ3) is 6.39. The number of carbonyl (C=O) groups excluding carboxylic acids is 1. The van der Waals surface area contributed by atoms with Gasteiger partial charge in [-0.2, -0.15) is 0 Å². The van der Waals surface area contributed by atoms with Crippen LogP contribution in [0.2, 0.25) is 0 Å². The lowest BCUT2D eigenvalue weighted by Crippen LogP contribution is -2.33. The number of aromatic nitrogens is 1. The Morgan fingerprint density at radius 2 is 2.25 bits per heavy atom. The summed E-state index contributed by atoms with van der Waals surface area (Å²) in [4.78, 5) is 15.9. The van der Waals surface area contributed by atoms with Crippen molar-refractivity contribution in [3.63, 3.8) is 0 Å². The maximum absolute atomic E-state index is 11.8. The normalized spacial score (nSPS) is 17.6. The molecular weight excluding hydrogens is 365 g/mol. The Hall–Kier alpha value is -0.360. The fourth-order valence-electron chi connectivity index (χ4n) is 2.16. The zero-order valence-electron chi connectivity index (χ0n) is 11.1. The summed E-state index contributed by atoms with van der Waals surface area (Å²) in [6, 6.07) is 3.55. The second-order valence-corrected chi connectivity index (χ2v) is 5.53. The zero-order valence-corrected chi connectivity index (χ0v) is 14.3. The Bertz CT molecular complexity index is 397. The fourth-order valence-corrected chi connectivity index (χ4v) is 2.40. The van der Waals surface area contributed by atoms with Crippen molar-refractivity contribution < 1.29 is 4.79 Å². The van der Waals surface area contributed by atoms with Crippen molar-refractivity contribution in [3.8, 4) is 0 Å². The van der Waals surface area contributed by atoms with Crippen LogP contribution in [-0.2, 0) is 0 Å². The Morgan fingerprint density at radius 1 is 1.45 bits per heavy atom. The molecule has 1 unspecified atom stereocenters. The van der Waals surface area contributed by atoms with Crippen molar-refractivity contribution in [3.05, 3.63) is 28.5 Å². The molecule has 0 saturated carbocycles. The van der Waals surface area contributed by atoms with Gasteiger partial charge in [0.05, 0.1) is 0 Å². The minimum Gasteiger partial charge on any atom is -0.351 e. The first-order chi connectivity index (χ1) is 8.75. The van der Waals surface area contributed by atoms with Gasteiger partial charge < -0.3 is 10.6 Å². The lowest BCUT2D eigenvalue weighted by atomic mass is 9.96. The highest BCUT2D eigenvalue weighted by molar-refractivity contribution is 9.10. The summed E-state index contributed by atoms with van der Waals surface area (Å²) in [6.45, 7) is 2.93. The molecule has 1 aliphatic heterocycles. The summed E-state index contributed by atoms with van der Waals surface area (Å²) < 4.78 is 0.882. The van der Waals surface area contributed by atoms with E-state index in [0.29, 0.717) is 11.6 Å². The fraction of sp³-hybridized carbons (Fsp3) is 0.538. The Morgan fingerprint density at radius 3 is 2.85 bits per heavy atom. The molecule has 1 atom stereocenters. The van der Waals surface area contributed by atoms with Gasteiger partial charge in [-0.15, -0.1) is 24.8 Å². The van der Waals surface area contributed by atoms with Crippen LogP contribution in [0.25, 0.3) is 0 Å². The molecule has 4 nitrogen and oxygen atoms in total. The van der Waals surface area contributed by atoms with Crippen LogP contribution in [0, 0.1) is 5.92 Å². The molecule has 0 aliphatic carbocycles. The summed E-state index contributed by atoms with van der Waals surface area (Å²) in [7, 11) is 0. The van der Waals surface area contributed by atoms with Gasteiger partial charge in [0.25, 0.3) is 5.91 Å². The lowest BCUT2D eigenvalue weighted by Gasteiger charge is -2.22. The first kappa shape index (κ1) is 19.6. The third-order valence-corrected chi connectivity index (χ3v) is 3.67. The van der Waals surface area contributed by atoms with Crippen LogP contribution >= 0.6 is 40.7 Å². The number of hydrogen-bond donors (Lipinski definition) is 2. The summed E-state index contributed by atoms with van der Waals surface area (Å²) >= 11 is 3.30. The average molecular weight is 385 g/mol. The molecule has 2 heterocycles. The monoisotopic (exact) mass is 383 g/mol. The molecule has 2 rings (SSSR count). The Kier molecular flexibility index (Phi) is 10.2. The van der Waals surface area contributed by atoms with Gasteiger partial charge in [-0.25, -0.2) is 4.98 Å². The minimum absolute atomic E-state index is 0. The first-order valence-electron chi connectivity index (χ1n) is 6.36. The highest BCUT2D eigenvalue weighted by Crippen LogP contribution is 2.13. The highest BCUT2D eigenvalue weighted by atomic mass is 79.9. The predicted octanol–water partition coefficient (Wildman–Crippen LogP) is 2.81. The number of rotatable bonds is 4. The van der Waals surface area contributed by atoms with E-state index in [1.165, 1.54) is 12.8 Å². The number of pyridine rings is 1. The van der Waals surface area contributed by atoms with Gasteiger partial charge in [-0.1, -0.05) is 0 Å². The van der Waals surface area contributed by atoms with Gasteiger partial charge in [-0.05, 0) is 66.3 Å². The molecule has 1 fully saturated rings. The number of piperidine rings is 1. The summed E-state index contributed by atoms with van der Waals surface area (Å²) in [5.74, 6) is 0.600. The second kappa shape index (κ2) is 10.4. The summed E-state index contributed by atoms with van der Waals surface area (Å²) in [5, 5.41) is 6.30. The molecule has 1 aliphatic rings. The molecule has 0 radical (unpaired) electrons. The van der Waals surface area contributed by atoms with Crippen LogP contribution in [0.5, 0.6) is 0 Å². The topological polar surface area (TPSA) is 54.0 Å². The van der Waals surface area contributed by atoms with E-state index in [0.717, 1.165) is 30.5 Å². The molecule has 7 heteroatoms. The van der Waals surface area contributed by atoms with E-state index in [-0.39, 0.29) is 30.7 Å². The summed E-state index contributed by atoms with van der Waals surface area (Å²) in [6.07, 6.45) is 5.18. The number of nitrogens with zero attached hydrogens (tertiary/aromatic N) is 1. The number of hydrogen-bond acceptors (Lipinski definition) is 3. The molecule has 0 spiro atoms. The average Bonchev–Trinajstić information content (AvgIpc) is 2.40. The van der Waals surface area contributed by atoms with Gasteiger partial charge in [0.15, 0.2) is 0 Å². The van der Waals surface area contributed by atoms with Crippen molar-refractivity contribution in [1.82, 2.24) is 15.6 Å².